The Hall–Kier alpha value is -1.81. The molecule has 4 nitrogen and oxygen atoms in total. The van der Waals surface area contributed by atoms with Crippen molar-refractivity contribution in [3.63, 3.8) is 0 Å². The van der Waals surface area contributed by atoms with Gasteiger partial charge in [-0.15, -0.1) is 0 Å². The van der Waals surface area contributed by atoms with E-state index in [0.29, 0.717) is 0 Å². The van der Waals surface area contributed by atoms with Crippen LogP contribution < -0.4 is 10.1 Å². The van der Waals surface area contributed by atoms with Gasteiger partial charge in [0.15, 0.2) is 0 Å². The van der Waals surface area contributed by atoms with Crippen LogP contribution >= 0.6 is 0 Å². The van der Waals surface area contributed by atoms with Crippen molar-refractivity contribution >= 4 is 0 Å². The summed E-state index contributed by atoms with van der Waals surface area (Å²) >= 11 is 0. The molecule has 1 aliphatic heterocycles. The van der Waals surface area contributed by atoms with Crippen molar-refractivity contribution in [3.8, 4) is 5.75 Å². The number of benzene rings is 1. The molecule has 0 amide bonds. The minimum absolute atomic E-state index is 0.171. The zero-order valence-corrected chi connectivity index (χ0v) is 10.6. The summed E-state index contributed by atoms with van der Waals surface area (Å²) in [4.78, 5) is 0. The molecule has 18 heavy (non-hydrogen) atoms. The highest BCUT2D eigenvalue weighted by atomic mass is 16.5. The second-order valence-electron chi connectivity index (χ2n) is 4.75. The molecule has 94 valence electrons. The molecule has 2 heterocycles. The van der Waals surface area contributed by atoms with Crippen molar-refractivity contribution in [2.24, 2.45) is 0 Å². The summed E-state index contributed by atoms with van der Waals surface area (Å²) in [7, 11) is 1.96. The molecule has 3 rings (SSSR count). The number of aromatic nitrogens is 2. The van der Waals surface area contributed by atoms with Crippen molar-refractivity contribution in [1.29, 1.82) is 0 Å². The maximum Gasteiger partial charge on any atom is 0.123 e. The van der Waals surface area contributed by atoms with Crippen molar-refractivity contribution in [2.45, 2.75) is 25.5 Å². The first-order valence-corrected chi connectivity index (χ1v) is 6.23. The maximum atomic E-state index is 5.73. The zero-order valence-electron chi connectivity index (χ0n) is 10.6. The van der Waals surface area contributed by atoms with E-state index in [2.05, 4.69) is 40.6 Å². The van der Waals surface area contributed by atoms with Crippen molar-refractivity contribution in [2.75, 3.05) is 7.05 Å². The first-order valence-electron chi connectivity index (χ1n) is 6.23. The summed E-state index contributed by atoms with van der Waals surface area (Å²) in [6.07, 6.45) is 5.06. The molecule has 1 aliphatic rings. The molecule has 0 spiro atoms. The van der Waals surface area contributed by atoms with Gasteiger partial charge >= 0.3 is 0 Å². The van der Waals surface area contributed by atoms with E-state index in [1.54, 1.807) is 0 Å². The monoisotopic (exact) mass is 243 g/mol. The molecule has 0 saturated heterocycles. The Morgan fingerprint density at radius 1 is 1.44 bits per heavy atom. The van der Waals surface area contributed by atoms with Gasteiger partial charge in [-0.05, 0) is 31.2 Å². The third kappa shape index (κ3) is 1.88. The summed E-state index contributed by atoms with van der Waals surface area (Å²) in [5, 5.41) is 10.2. The lowest BCUT2D eigenvalue weighted by molar-refractivity contribution is 0.254. The van der Waals surface area contributed by atoms with Gasteiger partial charge in [0.2, 0.25) is 0 Å². The topological polar surface area (TPSA) is 49.9 Å². The predicted molar refractivity (Wildman–Crippen MR) is 69.7 cm³/mol. The standard InChI is InChI=1S/C14H17N3O/c1-9-5-11-6-10(3-4-13(11)18-9)14(15-2)12-7-16-17-8-12/h3-4,6-9,14-15H,5H2,1-2H3,(H,16,17). The largest absolute Gasteiger partial charge is 0.490 e. The van der Waals surface area contributed by atoms with Gasteiger partial charge in [-0.1, -0.05) is 12.1 Å². The van der Waals surface area contributed by atoms with E-state index in [9.17, 15) is 0 Å². The normalized spacial score (nSPS) is 19.3. The quantitative estimate of drug-likeness (QED) is 0.867. The van der Waals surface area contributed by atoms with Crippen molar-refractivity contribution in [1.82, 2.24) is 15.5 Å². The first kappa shape index (κ1) is 11.3. The van der Waals surface area contributed by atoms with Gasteiger partial charge in [-0.3, -0.25) is 5.10 Å². The lowest BCUT2D eigenvalue weighted by Crippen LogP contribution is -2.17. The smallest absolute Gasteiger partial charge is 0.123 e. The second kappa shape index (κ2) is 4.46. The molecule has 1 aromatic carbocycles. The van der Waals surface area contributed by atoms with E-state index in [4.69, 9.17) is 4.74 Å². The number of ether oxygens (including phenoxy) is 1. The van der Waals surface area contributed by atoms with Crippen LogP contribution in [0.2, 0.25) is 0 Å². The summed E-state index contributed by atoms with van der Waals surface area (Å²) in [5.41, 5.74) is 3.68. The van der Waals surface area contributed by atoms with Crippen LogP contribution in [0.3, 0.4) is 0 Å². The van der Waals surface area contributed by atoms with Crippen LogP contribution in [-0.4, -0.2) is 23.3 Å². The molecule has 0 radical (unpaired) electrons. The van der Waals surface area contributed by atoms with E-state index < -0.39 is 0 Å². The van der Waals surface area contributed by atoms with Crippen LogP contribution in [0.15, 0.2) is 30.6 Å². The average molecular weight is 243 g/mol. The molecular weight excluding hydrogens is 226 g/mol. The minimum Gasteiger partial charge on any atom is -0.490 e. The molecule has 0 bridgehead atoms. The first-order chi connectivity index (χ1) is 8.78. The van der Waals surface area contributed by atoms with Crippen LogP contribution in [0.5, 0.6) is 5.75 Å². The number of aromatic amines is 1. The van der Waals surface area contributed by atoms with E-state index in [0.717, 1.165) is 17.7 Å². The number of hydrogen-bond donors (Lipinski definition) is 2. The van der Waals surface area contributed by atoms with Crippen LogP contribution in [0.25, 0.3) is 0 Å². The Morgan fingerprint density at radius 2 is 2.33 bits per heavy atom. The van der Waals surface area contributed by atoms with E-state index in [-0.39, 0.29) is 12.1 Å². The van der Waals surface area contributed by atoms with Crippen molar-refractivity contribution < 1.29 is 4.74 Å². The Morgan fingerprint density at radius 3 is 3.06 bits per heavy atom. The number of fused-ring (bicyclic) bond motifs is 1. The van der Waals surface area contributed by atoms with Crippen LogP contribution in [-0.2, 0) is 6.42 Å². The highest BCUT2D eigenvalue weighted by Gasteiger charge is 2.21. The van der Waals surface area contributed by atoms with Gasteiger partial charge in [0.25, 0.3) is 0 Å². The highest BCUT2D eigenvalue weighted by Crippen LogP contribution is 2.32. The van der Waals surface area contributed by atoms with E-state index >= 15 is 0 Å². The second-order valence-corrected chi connectivity index (χ2v) is 4.75. The number of hydrogen-bond acceptors (Lipinski definition) is 3. The lowest BCUT2D eigenvalue weighted by atomic mass is 9.98. The Kier molecular flexibility index (Phi) is 2.80. The molecule has 4 heteroatoms. The Balaban J connectivity index is 1.95. The minimum atomic E-state index is 0.171. The predicted octanol–water partition coefficient (Wildman–Crippen LogP) is 2.04. The van der Waals surface area contributed by atoms with Gasteiger partial charge in [0.1, 0.15) is 11.9 Å². The van der Waals surface area contributed by atoms with Crippen molar-refractivity contribution in [3.05, 3.63) is 47.3 Å². The molecule has 2 aromatic rings. The third-order valence-corrected chi connectivity index (χ3v) is 3.39. The summed E-state index contributed by atoms with van der Waals surface area (Å²) in [6.45, 7) is 2.10. The van der Waals surface area contributed by atoms with Gasteiger partial charge in [0, 0.05) is 18.2 Å². The maximum absolute atomic E-state index is 5.73. The molecule has 2 atom stereocenters. The third-order valence-electron chi connectivity index (χ3n) is 3.39. The Bertz CT molecular complexity index is 536. The van der Waals surface area contributed by atoms with Crippen LogP contribution in [0, 0.1) is 0 Å². The van der Waals surface area contributed by atoms with Gasteiger partial charge in [0.05, 0.1) is 12.2 Å². The highest BCUT2D eigenvalue weighted by molar-refractivity contribution is 5.43. The average Bonchev–Trinajstić information content (AvgIpc) is 2.97. The van der Waals surface area contributed by atoms with Gasteiger partial charge in [-0.25, -0.2) is 0 Å². The molecule has 0 fully saturated rings. The molecule has 2 unspecified atom stereocenters. The Labute approximate surface area is 106 Å². The van der Waals surface area contributed by atoms with Gasteiger partial charge < -0.3 is 10.1 Å². The fourth-order valence-corrected chi connectivity index (χ4v) is 2.57. The molecule has 0 saturated carbocycles. The SMILES string of the molecule is CNC(c1cn[nH]c1)c1ccc2c(c1)CC(C)O2. The number of H-pyrrole nitrogens is 1. The van der Waals surface area contributed by atoms with Crippen LogP contribution in [0.1, 0.15) is 29.7 Å². The fraction of sp³-hybridized carbons (Fsp3) is 0.357. The summed E-state index contributed by atoms with van der Waals surface area (Å²) in [6, 6.07) is 6.58. The van der Waals surface area contributed by atoms with Gasteiger partial charge in [-0.2, -0.15) is 5.10 Å². The summed E-state index contributed by atoms with van der Waals surface area (Å²) in [5.74, 6) is 1.02. The fourth-order valence-electron chi connectivity index (χ4n) is 2.57. The molecular formula is C14H17N3O. The lowest BCUT2D eigenvalue weighted by Gasteiger charge is -2.15. The number of nitrogens with one attached hydrogen (secondary N) is 2. The van der Waals surface area contributed by atoms with E-state index in [1.807, 2.05) is 19.4 Å². The number of rotatable bonds is 3. The van der Waals surface area contributed by atoms with Crippen LogP contribution in [0.4, 0.5) is 0 Å². The molecule has 0 aliphatic carbocycles. The van der Waals surface area contributed by atoms with E-state index in [1.165, 1.54) is 11.1 Å². The molecule has 2 N–H and O–H groups in total. The summed E-state index contributed by atoms with van der Waals surface area (Å²) < 4.78 is 5.73. The zero-order chi connectivity index (χ0) is 12.5. The number of nitrogens with zero attached hydrogens (tertiary/aromatic N) is 1. The molecule has 1 aromatic heterocycles.